The first-order valence-corrected chi connectivity index (χ1v) is 7.83. The highest BCUT2D eigenvalue weighted by molar-refractivity contribution is 5.99. The summed E-state index contributed by atoms with van der Waals surface area (Å²) in [6.45, 7) is 0. The Morgan fingerprint density at radius 3 is 2.27 bits per heavy atom. The summed E-state index contributed by atoms with van der Waals surface area (Å²) in [4.78, 5) is 10.4. The number of nitrogens with one attached hydrogen (secondary N) is 1. The molecule has 0 aromatic heterocycles. The molecule has 0 aliphatic heterocycles. The fraction of sp³-hybridized carbons (Fsp3) is 0. The second-order valence-corrected chi connectivity index (χ2v) is 5.26. The molecule has 0 radical (unpaired) electrons. The van der Waals surface area contributed by atoms with E-state index in [2.05, 4.69) is 20.8 Å². The lowest BCUT2D eigenvalue weighted by molar-refractivity contribution is -0.384. The molecule has 1 N–H and O–H groups in total. The summed E-state index contributed by atoms with van der Waals surface area (Å²) < 4.78 is 0. The van der Waals surface area contributed by atoms with Gasteiger partial charge in [0.05, 0.1) is 16.3 Å². The number of rotatable bonds is 5. The largest absolute Gasteiger partial charge is 0.276 e. The summed E-state index contributed by atoms with van der Waals surface area (Å²) in [5.74, 6) is 0.362. The molecule has 0 amide bonds. The van der Waals surface area contributed by atoms with Gasteiger partial charge in [0.2, 0.25) is 5.84 Å². The number of benzene rings is 3. The minimum absolute atomic E-state index is 0.0163. The summed E-state index contributed by atoms with van der Waals surface area (Å²) in [6.07, 6.45) is 0. The van der Waals surface area contributed by atoms with E-state index >= 15 is 0 Å². The lowest BCUT2D eigenvalue weighted by atomic mass is 10.2. The Hall–Kier alpha value is -3.87. The molecule has 7 nitrogen and oxygen atoms in total. The van der Waals surface area contributed by atoms with Gasteiger partial charge in [-0.2, -0.15) is 5.10 Å². The van der Waals surface area contributed by atoms with Gasteiger partial charge in [0.25, 0.3) is 5.69 Å². The molecule has 0 spiro atoms. The van der Waals surface area contributed by atoms with Gasteiger partial charge >= 0.3 is 0 Å². The van der Waals surface area contributed by atoms with E-state index in [1.165, 1.54) is 12.1 Å². The molecule has 0 aliphatic carbocycles. The third kappa shape index (κ3) is 4.57. The van der Waals surface area contributed by atoms with Crippen LogP contribution in [0.15, 0.2) is 100 Å². The third-order valence-electron chi connectivity index (χ3n) is 3.40. The summed E-state index contributed by atoms with van der Waals surface area (Å²) in [7, 11) is 0. The number of hydrazone groups is 1. The molecule has 0 bridgehead atoms. The van der Waals surface area contributed by atoms with Crippen molar-refractivity contribution < 1.29 is 4.92 Å². The molecule has 0 saturated carbocycles. The maximum absolute atomic E-state index is 10.9. The van der Waals surface area contributed by atoms with Gasteiger partial charge in [0.15, 0.2) is 0 Å². The first kappa shape index (κ1) is 17.0. The van der Waals surface area contributed by atoms with Crippen LogP contribution in [-0.2, 0) is 0 Å². The summed E-state index contributed by atoms with van der Waals surface area (Å²) >= 11 is 0. The van der Waals surface area contributed by atoms with Crippen LogP contribution in [0.4, 0.5) is 17.1 Å². The fourth-order valence-corrected chi connectivity index (χ4v) is 2.14. The van der Waals surface area contributed by atoms with Crippen molar-refractivity contribution in [1.82, 2.24) is 0 Å². The van der Waals surface area contributed by atoms with Gasteiger partial charge in [0.1, 0.15) is 0 Å². The Kier molecular flexibility index (Phi) is 5.41. The van der Waals surface area contributed by atoms with Crippen LogP contribution in [0.5, 0.6) is 0 Å². The van der Waals surface area contributed by atoms with E-state index in [0.29, 0.717) is 17.2 Å². The molecule has 128 valence electrons. The third-order valence-corrected chi connectivity index (χ3v) is 3.40. The van der Waals surface area contributed by atoms with Gasteiger partial charge in [-0.25, -0.2) is 0 Å². The Morgan fingerprint density at radius 1 is 0.885 bits per heavy atom. The molecule has 0 aliphatic rings. The first-order chi connectivity index (χ1) is 12.7. The summed E-state index contributed by atoms with van der Waals surface area (Å²) in [5.41, 5.74) is 4.75. The number of non-ortho nitro benzene ring substituents is 1. The number of amidine groups is 1. The minimum Gasteiger partial charge on any atom is -0.276 e. The number of nitro groups is 1. The van der Waals surface area contributed by atoms with Crippen molar-refractivity contribution in [2.45, 2.75) is 0 Å². The van der Waals surface area contributed by atoms with Gasteiger partial charge in [-0.1, -0.05) is 54.6 Å². The lowest BCUT2D eigenvalue weighted by Crippen LogP contribution is -2.01. The molecule has 0 saturated heterocycles. The zero-order valence-corrected chi connectivity index (χ0v) is 13.7. The highest BCUT2D eigenvalue weighted by Crippen LogP contribution is 2.18. The van der Waals surface area contributed by atoms with Crippen LogP contribution in [0, 0.1) is 10.1 Å². The molecular weight excluding hydrogens is 330 g/mol. The molecule has 0 fully saturated rings. The van der Waals surface area contributed by atoms with Crippen LogP contribution in [0.25, 0.3) is 0 Å². The van der Waals surface area contributed by atoms with Crippen LogP contribution in [0.1, 0.15) is 5.56 Å². The van der Waals surface area contributed by atoms with Gasteiger partial charge in [0, 0.05) is 17.7 Å². The summed E-state index contributed by atoms with van der Waals surface area (Å²) in [5, 5.41) is 23.5. The molecule has 7 heteroatoms. The number of nitrogens with zero attached hydrogens (tertiary/aromatic N) is 4. The average molecular weight is 345 g/mol. The second-order valence-electron chi connectivity index (χ2n) is 5.26. The molecule has 0 atom stereocenters. The first-order valence-electron chi connectivity index (χ1n) is 7.83. The van der Waals surface area contributed by atoms with Crippen molar-refractivity contribution in [3.05, 3.63) is 101 Å². The van der Waals surface area contributed by atoms with E-state index in [9.17, 15) is 10.1 Å². The van der Waals surface area contributed by atoms with Crippen molar-refractivity contribution in [3.63, 3.8) is 0 Å². The quantitative estimate of drug-likeness (QED) is 0.228. The standard InChI is InChI=1S/C19H15N5O2/c25-24(26)18-13-7-12-17(14-18)21-23-19(15-8-3-1-4-9-15)22-20-16-10-5-2-6-11-16/h1-14,21H/b22-20?,23-19-. The van der Waals surface area contributed by atoms with Crippen LogP contribution >= 0.6 is 0 Å². The Bertz CT molecular complexity index is 940. The van der Waals surface area contributed by atoms with Crippen molar-refractivity contribution in [3.8, 4) is 0 Å². The zero-order valence-electron chi connectivity index (χ0n) is 13.7. The zero-order chi connectivity index (χ0) is 18.2. The predicted molar refractivity (Wildman–Crippen MR) is 101 cm³/mol. The Balaban J connectivity index is 1.88. The monoisotopic (exact) mass is 345 g/mol. The lowest BCUT2D eigenvalue weighted by Gasteiger charge is -2.03. The molecule has 26 heavy (non-hydrogen) atoms. The van der Waals surface area contributed by atoms with E-state index in [1.54, 1.807) is 12.1 Å². The maximum atomic E-state index is 10.9. The molecule has 0 heterocycles. The number of nitro benzene ring substituents is 1. The van der Waals surface area contributed by atoms with Crippen LogP contribution in [0.3, 0.4) is 0 Å². The number of anilines is 1. The van der Waals surface area contributed by atoms with E-state index in [1.807, 2.05) is 60.7 Å². The van der Waals surface area contributed by atoms with E-state index in [4.69, 9.17) is 0 Å². The molecule has 0 unspecified atom stereocenters. The normalized spacial score (nSPS) is 11.5. The highest BCUT2D eigenvalue weighted by Gasteiger charge is 2.06. The molecular formula is C19H15N5O2. The van der Waals surface area contributed by atoms with Gasteiger partial charge in [-0.15, -0.1) is 10.2 Å². The van der Waals surface area contributed by atoms with Crippen molar-refractivity contribution in [2.24, 2.45) is 15.3 Å². The second kappa shape index (κ2) is 8.29. The topological polar surface area (TPSA) is 92.2 Å². The average Bonchev–Trinajstić information content (AvgIpc) is 2.69. The number of hydrogen-bond acceptors (Lipinski definition) is 5. The maximum Gasteiger partial charge on any atom is 0.271 e. The number of azo groups is 1. The highest BCUT2D eigenvalue weighted by atomic mass is 16.6. The van der Waals surface area contributed by atoms with Crippen molar-refractivity contribution >= 4 is 22.9 Å². The van der Waals surface area contributed by atoms with E-state index in [-0.39, 0.29) is 5.69 Å². The van der Waals surface area contributed by atoms with E-state index < -0.39 is 4.92 Å². The molecule has 3 aromatic rings. The summed E-state index contributed by atoms with van der Waals surface area (Å²) in [6, 6.07) is 24.8. The molecule has 3 aromatic carbocycles. The number of hydrogen-bond donors (Lipinski definition) is 1. The predicted octanol–water partition coefficient (Wildman–Crippen LogP) is 5.15. The van der Waals surface area contributed by atoms with Crippen molar-refractivity contribution in [2.75, 3.05) is 5.43 Å². The minimum atomic E-state index is -0.456. The van der Waals surface area contributed by atoms with Gasteiger partial charge in [-0.3, -0.25) is 15.5 Å². The van der Waals surface area contributed by atoms with Crippen LogP contribution < -0.4 is 5.43 Å². The fourth-order valence-electron chi connectivity index (χ4n) is 2.14. The van der Waals surface area contributed by atoms with Crippen molar-refractivity contribution in [1.29, 1.82) is 0 Å². The van der Waals surface area contributed by atoms with Crippen LogP contribution in [-0.4, -0.2) is 10.8 Å². The van der Waals surface area contributed by atoms with Crippen LogP contribution in [0.2, 0.25) is 0 Å². The van der Waals surface area contributed by atoms with E-state index in [0.717, 1.165) is 5.56 Å². The SMILES string of the molecule is O=[N+]([O-])c1cccc(N/N=C(\N=Nc2ccccc2)c2ccccc2)c1. The Labute approximate surface area is 149 Å². The van der Waals surface area contributed by atoms with Gasteiger partial charge < -0.3 is 0 Å². The van der Waals surface area contributed by atoms with Gasteiger partial charge in [-0.05, 0) is 18.2 Å². The smallest absolute Gasteiger partial charge is 0.271 e. The Morgan fingerprint density at radius 2 is 1.58 bits per heavy atom. The molecule has 3 rings (SSSR count).